The van der Waals surface area contributed by atoms with Crippen LogP contribution < -0.4 is 0 Å². The van der Waals surface area contributed by atoms with E-state index in [9.17, 15) is 13.5 Å². The normalized spacial score (nSPS) is 11.2. The molecule has 0 fully saturated rings. The van der Waals surface area contributed by atoms with E-state index in [0.29, 0.717) is 0 Å². The third-order valence-electron chi connectivity index (χ3n) is 5.44. The van der Waals surface area contributed by atoms with E-state index >= 15 is 0 Å². The van der Waals surface area contributed by atoms with Crippen LogP contribution in [-0.4, -0.2) is 33.0 Å². The van der Waals surface area contributed by atoms with Gasteiger partial charge in [-0.15, -0.1) is 0 Å². The zero-order chi connectivity index (χ0) is 24.2. The smallest absolute Gasteiger partial charge is 0.264 e. The molecule has 0 spiro atoms. The number of aliphatic hydroxyl groups is 1. The van der Waals surface area contributed by atoms with Crippen molar-refractivity contribution >= 4 is 10.1 Å². The van der Waals surface area contributed by atoms with Crippen LogP contribution in [0.15, 0.2) is 121 Å². The van der Waals surface area contributed by atoms with Crippen LogP contribution in [0.1, 0.15) is 34.1 Å². The zero-order valence-electron chi connectivity index (χ0n) is 19.2. The molecule has 0 bridgehead atoms. The Bertz CT molecular complexity index is 1120. The Morgan fingerprint density at radius 1 is 0.588 bits per heavy atom. The Balaban J connectivity index is 0.000000196. The number of hydrogen-bond donors (Lipinski definition) is 1. The van der Waals surface area contributed by atoms with Crippen molar-refractivity contribution in [3.05, 3.63) is 144 Å². The molecule has 0 aliphatic carbocycles. The van der Waals surface area contributed by atoms with E-state index in [1.807, 2.05) is 121 Å². The maximum absolute atomic E-state index is 11.2. The summed E-state index contributed by atoms with van der Waals surface area (Å²) in [5.74, 6) is 0.00419. The van der Waals surface area contributed by atoms with E-state index in [1.165, 1.54) is 0 Å². The molecule has 4 rings (SSSR count). The largest absolute Gasteiger partial charge is 0.395 e. The standard InChI is InChI=1S/C15H16O3S.C14H14O/c1-19(16,17)18-12-15(13-8-4-2-5-9-13)14-10-6-3-7-11-14;15-11-14(12-7-3-1-4-8-12)13-9-5-2-6-10-13/h2-11,15H,12H2,1H3;1-10,14-15H,11H2. The Hall–Kier alpha value is -3.25. The fourth-order valence-corrected chi connectivity index (χ4v) is 4.10. The van der Waals surface area contributed by atoms with Crippen molar-refractivity contribution in [3.63, 3.8) is 0 Å². The monoisotopic (exact) mass is 474 g/mol. The van der Waals surface area contributed by atoms with Gasteiger partial charge in [0.05, 0.1) is 19.5 Å². The number of hydrogen-bond acceptors (Lipinski definition) is 4. The lowest BCUT2D eigenvalue weighted by molar-refractivity contribution is 0.280. The molecule has 0 saturated heterocycles. The first kappa shape index (κ1) is 25.4. The molecule has 0 atom stereocenters. The quantitative estimate of drug-likeness (QED) is 0.337. The van der Waals surface area contributed by atoms with Crippen molar-refractivity contribution in [2.24, 2.45) is 0 Å². The first-order valence-electron chi connectivity index (χ1n) is 11.1. The van der Waals surface area contributed by atoms with Gasteiger partial charge in [0, 0.05) is 11.8 Å². The molecule has 4 nitrogen and oxygen atoms in total. The second-order valence-electron chi connectivity index (χ2n) is 7.92. The molecule has 0 aliphatic heterocycles. The summed E-state index contributed by atoms with van der Waals surface area (Å²) >= 11 is 0. The molecule has 0 saturated carbocycles. The van der Waals surface area contributed by atoms with E-state index in [2.05, 4.69) is 0 Å². The number of rotatable bonds is 8. The minimum Gasteiger partial charge on any atom is -0.395 e. The molecule has 4 aromatic carbocycles. The van der Waals surface area contributed by atoms with Gasteiger partial charge in [0.1, 0.15) is 0 Å². The van der Waals surface area contributed by atoms with Crippen LogP contribution >= 0.6 is 0 Å². The lowest BCUT2D eigenvalue weighted by Crippen LogP contribution is -2.13. The molecular formula is C29H30O4S. The Labute approximate surface area is 202 Å². The van der Waals surface area contributed by atoms with Crippen LogP contribution in [0.25, 0.3) is 0 Å². The Morgan fingerprint density at radius 3 is 1.15 bits per heavy atom. The summed E-state index contributed by atoms with van der Waals surface area (Å²) in [5.41, 5.74) is 4.40. The van der Waals surface area contributed by atoms with Gasteiger partial charge in [-0.1, -0.05) is 121 Å². The highest BCUT2D eigenvalue weighted by Gasteiger charge is 2.16. The molecule has 0 heterocycles. The molecule has 5 heteroatoms. The highest BCUT2D eigenvalue weighted by molar-refractivity contribution is 7.85. The third-order valence-corrected chi connectivity index (χ3v) is 6.00. The van der Waals surface area contributed by atoms with Crippen LogP contribution in [0, 0.1) is 0 Å². The van der Waals surface area contributed by atoms with E-state index in [-0.39, 0.29) is 25.0 Å². The van der Waals surface area contributed by atoms with Crippen molar-refractivity contribution in [3.8, 4) is 0 Å². The average molecular weight is 475 g/mol. The van der Waals surface area contributed by atoms with Gasteiger partial charge in [0.15, 0.2) is 0 Å². The molecule has 4 aromatic rings. The van der Waals surface area contributed by atoms with Gasteiger partial charge in [-0.05, 0) is 22.3 Å². The fraction of sp³-hybridized carbons (Fsp3) is 0.172. The van der Waals surface area contributed by atoms with E-state index in [4.69, 9.17) is 4.18 Å². The molecular weight excluding hydrogens is 444 g/mol. The van der Waals surface area contributed by atoms with E-state index in [1.54, 1.807) is 0 Å². The van der Waals surface area contributed by atoms with Crippen molar-refractivity contribution in [1.82, 2.24) is 0 Å². The molecule has 0 radical (unpaired) electrons. The van der Waals surface area contributed by atoms with Crippen LogP contribution in [0.3, 0.4) is 0 Å². The predicted octanol–water partition coefficient (Wildman–Crippen LogP) is 5.61. The molecule has 0 aliphatic rings. The van der Waals surface area contributed by atoms with Crippen molar-refractivity contribution in [2.45, 2.75) is 11.8 Å². The second-order valence-corrected chi connectivity index (χ2v) is 9.56. The zero-order valence-corrected chi connectivity index (χ0v) is 20.0. The topological polar surface area (TPSA) is 63.6 Å². The Morgan fingerprint density at radius 2 is 0.882 bits per heavy atom. The van der Waals surface area contributed by atoms with Gasteiger partial charge < -0.3 is 5.11 Å². The Kier molecular flexibility index (Phi) is 9.59. The van der Waals surface area contributed by atoms with Gasteiger partial charge in [0.25, 0.3) is 10.1 Å². The first-order chi connectivity index (χ1) is 16.5. The molecule has 34 heavy (non-hydrogen) atoms. The molecule has 176 valence electrons. The van der Waals surface area contributed by atoms with Gasteiger partial charge in [0.2, 0.25) is 0 Å². The highest BCUT2D eigenvalue weighted by Crippen LogP contribution is 2.25. The number of aliphatic hydroxyl groups excluding tert-OH is 1. The summed E-state index contributed by atoms with van der Waals surface area (Å²) in [6, 6.07) is 39.7. The van der Waals surface area contributed by atoms with Crippen molar-refractivity contribution in [1.29, 1.82) is 0 Å². The summed E-state index contributed by atoms with van der Waals surface area (Å²) < 4.78 is 27.3. The maximum atomic E-state index is 11.2. The summed E-state index contributed by atoms with van der Waals surface area (Å²) in [4.78, 5) is 0. The van der Waals surface area contributed by atoms with Crippen LogP contribution in [0.4, 0.5) is 0 Å². The minimum absolute atomic E-state index is 0.0860. The molecule has 1 N–H and O–H groups in total. The summed E-state index contributed by atoms with van der Waals surface area (Å²) in [6.45, 7) is 0.265. The second kappa shape index (κ2) is 12.8. The van der Waals surface area contributed by atoms with Crippen molar-refractivity contribution < 1.29 is 17.7 Å². The average Bonchev–Trinajstić information content (AvgIpc) is 2.87. The van der Waals surface area contributed by atoms with Gasteiger partial charge in [-0.25, -0.2) is 0 Å². The highest BCUT2D eigenvalue weighted by atomic mass is 32.2. The molecule has 0 amide bonds. The summed E-state index contributed by atoms with van der Waals surface area (Å²) in [7, 11) is -3.44. The van der Waals surface area contributed by atoms with Gasteiger partial charge in [-0.3, -0.25) is 4.18 Å². The molecule has 0 unspecified atom stereocenters. The predicted molar refractivity (Wildman–Crippen MR) is 137 cm³/mol. The van der Waals surface area contributed by atoms with Crippen LogP contribution in [-0.2, 0) is 14.3 Å². The maximum Gasteiger partial charge on any atom is 0.264 e. The van der Waals surface area contributed by atoms with Gasteiger partial charge in [-0.2, -0.15) is 8.42 Å². The SMILES string of the molecule is CS(=O)(=O)OCC(c1ccccc1)c1ccccc1.OCC(c1ccccc1)c1ccccc1. The minimum atomic E-state index is -3.44. The molecule has 0 aromatic heterocycles. The third kappa shape index (κ3) is 7.96. The summed E-state index contributed by atoms with van der Waals surface area (Å²) in [6.07, 6.45) is 1.07. The lowest BCUT2D eigenvalue weighted by atomic mass is 9.92. The summed E-state index contributed by atoms with van der Waals surface area (Å²) in [5, 5.41) is 9.43. The van der Waals surface area contributed by atoms with Crippen LogP contribution in [0.5, 0.6) is 0 Å². The van der Waals surface area contributed by atoms with E-state index in [0.717, 1.165) is 28.5 Å². The van der Waals surface area contributed by atoms with Crippen molar-refractivity contribution in [2.75, 3.05) is 19.5 Å². The van der Waals surface area contributed by atoms with E-state index < -0.39 is 10.1 Å². The van der Waals surface area contributed by atoms with Gasteiger partial charge >= 0.3 is 0 Å². The lowest BCUT2D eigenvalue weighted by Gasteiger charge is -2.17. The number of benzene rings is 4. The first-order valence-corrected chi connectivity index (χ1v) is 12.9. The fourth-order valence-electron chi connectivity index (χ4n) is 3.72. The van der Waals surface area contributed by atoms with Crippen LogP contribution in [0.2, 0.25) is 0 Å².